The van der Waals surface area contributed by atoms with Crippen molar-refractivity contribution in [1.29, 1.82) is 0 Å². The lowest BCUT2D eigenvalue weighted by atomic mass is 10.2. The summed E-state index contributed by atoms with van der Waals surface area (Å²) in [4.78, 5) is 18.4. The monoisotopic (exact) mass is 381 g/mol. The third kappa shape index (κ3) is 5.40. The van der Waals surface area contributed by atoms with Crippen LogP contribution in [0.25, 0.3) is 11.4 Å². The minimum absolute atomic E-state index is 0.138. The maximum Gasteiger partial charge on any atom is 0.320 e. The zero-order valence-corrected chi connectivity index (χ0v) is 16.0. The predicted octanol–water partition coefficient (Wildman–Crippen LogP) is 3.31. The van der Waals surface area contributed by atoms with E-state index < -0.39 is 0 Å². The SMILES string of the molecule is CCOC(=O)CN(Cc1ccccc1)Cc1nc(-c2cccc(OC)c2)no1. The Kier molecular flexibility index (Phi) is 6.75. The van der Waals surface area contributed by atoms with Crippen molar-refractivity contribution in [3.8, 4) is 17.1 Å². The zero-order chi connectivity index (χ0) is 19.8. The van der Waals surface area contributed by atoms with E-state index in [-0.39, 0.29) is 12.5 Å². The second-order valence-corrected chi connectivity index (χ2v) is 6.18. The molecule has 0 aliphatic heterocycles. The standard InChI is InChI=1S/C21H23N3O4/c1-3-27-20(25)15-24(13-16-8-5-4-6-9-16)14-19-22-21(23-28-19)17-10-7-11-18(12-17)26-2/h4-12H,3,13-15H2,1-2H3. The van der Waals surface area contributed by atoms with Gasteiger partial charge in [0.2, 0.25) is 11.7 Å². The van der Waals surface area contributed by atoms with Crippen molar-refractivity contribution in [3.63, 3.8) is 0 Å². The van der Waals surface area contributed by atoms with Gasteiger partial charge in [0, 0.05) is 12.1 Å². The second kappa shape index (κ2) is 9.66. The number of nitrogens with zero attached hydrogens (tertiary/aromatic N) is 3. The number of methoxy groups -OCH3 is 1. The Morgan fingerprint density at radius 3 is 2.68 bits per heavy atom. The van der Waals surface area contributed by atoms with Gasteiger partial charge in [-0.3, -0.25) is 9.69 Å². The Morgan fingerprint density at radius 1 is 1.11 bits per heavy atom. The molecule has 1 aromatic heterocycles. The van der Waals surface area contributed by atoms with Crippen LogP contribution >= 0.6 is 0 Å². The average molecular weight is 381 g/mol. The molecule has 0 N–H and O–H groups in total. The average Bonchev–Trinajstić information content (AvgIpc) is 3.17. The highest BCUT2D eigenvalue weighted by molar-refractivity contribution is 5.71. The third-order valence-electron chi connectivity index (χ3n) is 4.06. The van der Waals surface area contributed by atoms with Gasteiger partial charge in [-0.2, -0.15) is 4.98 Å². The molecule has 0 bridgehead atoms. The number of benzene rings is 2. The van der Waals surface area contributed by atoms with Gasteiger partial charge < -0.3 is 14.0 Å². The number of ether oxygens (including phenoxy) is 2. The molecule has 2 aromatic carbocycles. The van der Waals surface area contributed by atoms with Crippen LogP contribution < -0.4 is 4.74 Å². The predicted molar refractivity (Wildman–Crippen MR) is 103 cm³/mol. The van der Waals surface area contributed by atoms with Gasteiger partial charge in [-0.25, -0.2) is 0 Å². The Labute approximate surface area is 163 Å². The maximum absolute atomic E-state index is 12.0. The molecule has 3 aromatic rings. The fourth-order valence-corrected chi connectivity index (χ4v) is 2.79. The van der Waals surface area contributed by atoms with Crippen LogP contribution in [0.2, 0.25) is 0 Å². The molecule has 0 amide bonds. The van der Waals surface area contributed by atoms with Gasteiger partial charge in [-0.1, -0.05) is 47.6 Å². The molecule has 0 saturated carbocycles. The molecule has 0 atom stereocenters. The van der Waals surface area contributed by atoms with Crippen molar-refractivity contribution in [2.75, 3.05) is 20.3 Å². The highest BCUT2D eigenvalue weighted by atomic mass is 16.5. The van der Waals surface area contributed by atoms with Crippen molar-refractivity contribution >= 4 is 5.97 Å². The highest BCUT2D eigenvalue weighted by Crippen LogP contribution is 2.21. The molecule has 28 heavy (non-hydrogen) atoms. The lowest BCUT2D eigenvalue weighted by molar-refractivity contribution is -0.144. The quantitative estimate of drug-likeness (QED) is 0.526. The number of carbonyl (C=O) groups is 1. The molecule has 0 fully saturated rings. The number of hydrogen-bond donors (Lipinski definition) is 0. The summed E-state index contributed by atoms with van der Waals surface area (Å²) in [6.07, 6.45) is 0. The molecule has 0 spiro atoms. The molecule has 0 saturated heterocycles. The van der Waals surface area contributed by atoms with Crippen LogP contribution in [0.15, 0.2) is 59.1 Å². The summed E-state index contributed by atoms with van der Waals surface area (Å²) in [6.45, 7) is 3.18. The van der Waals surface area contributed by atoms with Crippen LogP contribution in [-0.4, -0.2) is 41.3 Å². The third-order valence-corrected chi connectivity index (χ3v) is 4.06. The van der Waals surface area contributed by atoms with E-state index in [9.17, 15) is 4.79 Å². The zero-order valence-electron chi connectivity index (χ0n) is 16.0. The molecular weight excluding hydrogens is 358 g/mol. The molecule has 0 unspecified atom stereocenters. The summed E-state index contributed by atoms with van der Waals surface area (Å²) >= 11 is 0. The van der Waals surface area contributed by atoms with Gasteiger partial charge in [0.25, 0.3) is 0 Å². The summed E-state index contributed by atoms with van der Waals surface area (Å²) in [5.41, 5.74) is 1.88. The molecule has 7 heteroatoms. The molecule has 0 aliphatic carbocycles. The first-order valence-corrected chi connectivity index (χ1v) is 9.07. The first-order chi connectivity index (χ1) is 13.7. The highest BCUT2D eigenvalue weighted by Gasteiger charge is 2.17. The van der Waals surface area contributed by atoms with E-state index in [0.717, 1.165) is 16.9 Å². The minimum atomic E-state index is -0.286. The summed E-state index contributed by atoms with van der Waals surface area (Å²) in [7, 11) is 1.61. The fourth-order valence-electron chi connectivity index (χ4n) is 2.79. The van der Waals surface area contributed by atoms with Crippen LogP contribution in [0.5, 0.6) is 5.75 Å². The first kappa shape index (κ1) is 19.6. The lowest BCUT2D eigenvalue weighted by Gasteiger charge is -2.19. The van der Waals surface area contributed by atoms with Crippen LogP contribution in [-0.2, 0) is 22.6 Å². The molecule has 1 heterocycles. The van der Waals surface area contributed by atoms with Crippen molar-refractivity contribution in [2.24, 2.45) is 0 Å². The van der Waals surface area contributed by atoms with E-state index >= 15 is 0 Å². The number of rotatable bonds is 9. The Balaban J connectivity index is 1.74. The van der Waals surface area contributed by atoms with Gasteiger partial charge in [0.15, 0.2) is 0 Å². The van der Waals surface area contributed by atoms with Crippen molar-refractivity contribution in [1.82, 2.24) is 15.0 Å². The number of hydrogen-bond acceptors (Lipinski definition) is 7. The summed E-state index contributed by atoms with van der Waals surface area (Å²) < 4.78 is 15.7. The number of esters is 1. The van der Waals surface area contributed by atoms with Crippen LogP contribution in [0.1, 0.15) is 18.4 Å². The molecule has 146 valence electrons. The first-order valence-electron chi connectivity index (χ1n) is 9.07. The van der Waals surface area contributed by atoms with Gasteiger partial charge in [-0.15, -0.1) is 0 Å². The van der Waals surface area contributed by atoms with Gasteiger partial charge >= 0.3 is 5.97 Å². The van der Waals surface area contributed by atoms with Crippen LogP contribution in [0.3, 0.4) is 0 Å². The minimum Gasteiger partial charge on any atom is -0.497 e. The lowest BCUT2D eigenvalue weighted by Crippen LogP contribution is -2.30. The fraction of sp³-hybridized carbons (Fsp3) is 0.286. The van der Waals surface area contributed by atoms with Crippen molar-refractivity contribution in [3.05, 3.63) is 66.1 Å². The van der Waals surface area contributed by atoms with E-state index in [1.54, 1.807) is 14.0 Å². The molecule has 3 rings (SSSR count). The van der Waals surface area contributed by atoms with Gasteiger partial charge in [0.05, 0.1) is 26.8 Å². The maximum atomic E-state index is 12.0. The normalized spacial score (nSPS) is 10.8. The largest absolute Gasteiger partial charge is 0.497 e. The van der Waals surface area contributed by atoms with E-state index in [1.807, 2.05) is 59.5 Å². The smallest absolute Gasteiger partial charge is 0.320 e. The Bertz CT molecular complexity index is 895. The van der Waals surface area contributed by atoms with E-state index in [0.29, 0.717) is 31.4 Å². The summed E-state index contributed by atoms with van der Waals surface area (Å²) in [6, 6.07) is 17.3. The van der Waals surface area contributed by atoms with E-state index in [1.165, 1.54) is 0 Å². The summed E-state index contributed by atoms with van der Waals surface area (Å²) in [5.74, 6) is 1.34. The van der Waals surface area contributed by atoms with E-state index in [4.69, 9.17) is 14.0 Å². The van der Waals surface area contributed by atoms with Crippen LogP contribution in [0, 0.1) is 0 Å². The van der Waals surface area contributed by atoms with E-state index in [2.05, 4.69) is 10.1 Å². The van der Waals surface area contributed by atoms with Crippen LogP contribution in [0.4, 0.5) is 0 Å². The van der Waals surface area contributed by atoms with Gasteiger partial charge in [0.1, 0.15) is 5.75 Å². The summed E-state index contributed by atoms with van der Waals surface area (Å²) in [5, 5.41) is 4.05. The topological polar surface area (TPSA) is 77.7 Å². The Morgan fingerprint density at radius 2 is 1.93 bits per heavy atom. The molecular formula is C21H23N3O4. The van der Waals surface area contributed by atoms with Crippen molar-refractivity contribution in [2.45, 2.75) is 20.0 Å². The van der Waals surface area contributed by atoms with Gasteiger partial charge in [-0.05, 0) is 24.6 Å². The molecule has 0 aliphatic rings. The van der Waals surface area contributed by atoms with Crippen molar-refractivity contribution < 1.29 is 18.8 Å². The second-order valence-electron chi connectivity index (χ2n) is 6.18. The number of carbonyl (C=O) groups excluding carboxylic acids is 1. The molecule has 7 nitrogen and oxygen atoms in total. The Hall–Kier alpha value is -3.19. The molecule has 0 radical (unpaired) electrons. The number of aromatic nitrogens is 2.